The molecule has 0 fully saturated rings. The third-order valence-electron chi connectivity index (χ3n) is 2.54. The predicted octanol–water partition coefficient (Wildman–Crippen LogP) is 1.51. The van der Waals surface area contributed by atoms with E-state index in [1.807, 2.05) is 6.20 Å². The first-order valence-corrected chi connectivity index (χ1v) is 7.22. The van der Waals surface area contributed by atoms with Crippen LogP contribution in [0.25, 0.3) is 5.57 Å². The largest absolute Gasteiger partial charge is 0.445 e. The summed E-state index contributed by atoms with van der Waals surface area (Å²) in [6.07, 6.45) is 9.36. The molecule has 101 valence electrons. The molecule has 0 spiro atoms. The lowest BCUT2D eigenvalue weighted by Gasteiger charge is -2.23. The highest BCUT2D eigenvalue weighted by Gasteiger charge is 2.36. The Balaban J connectivity index is 1.69. The fourth-order valence-corrected chi connectivity index (χ4v) is 2.81. The molecule has 2 aliphatic rings. The van der Waals surface area contributed by atoms with Crippen molar-refractivity contribution in [1.82, 2.24) is 29.5 Å². The van der Waals surface area contributed by atoms with E-state index in [-0.39, 0.29) is 0 Å². The van der Waals surface area contributed by atoms with Crippen molar-refractivity contribution in [2.24, 2.45) is 0 Å². The summed E-state index contributed by atoms with van der Waals surface area (Å²) in [5, 5.41) is 10.1. The number of hydroxylamine groups is 1. The van der Waals surface area contributed by atoms with Crippen LogP contribution in [0, 0.1) is 6.20 Å². The van der Waals surface area contributed by atoms with Crippen LogP contribution in [-0.4, -0.2) is 24.8 Å². The second-order valence-electron chi connectivity index (χ2n) is 3.73. The lowest BCUT2D eigenvalue weighted by Crippen LogP contribution is -2.27. The Morgan fingerprint density at radius 1 is 1.45 bits per heavy atom. The zero-order chi connectivity index (χ0) is 13.4. The first-order valence-electron chi connectivity index (χ1n) is 5.56. The Hall–Kier alpha value is -2.04. The highest BCUT2D eigenvalue weighted by molar-refractivity contribution is 7.95. The zero-order valence-electron chi connectivity index (χ0n) is 9.83. The van der Waals surface area contributed by atoms with E-state index in [1.54, 1.807) is 22.3 Å². The van der Waals surface area contributed by atoms with E-state index in [2.05, 4.69) is 26.1 Å². The summed E-state index contributed by atoms with van der Waals surface area (Å²) in [5.74, 6) is 0.453. The molecule has 2 aliphatic heterocycles. The predicted molar refractivity (Wildman–Crippen MR) is 70.4 cm³/mol. The van der Waals surface area contributed by atoms with Gasteiger partial charge < -0.3 is 9.14 Å². The fraction of sp³-hybridized carbons (Fsp3) is 0.100. The van der Waals surface area contributed by atoms with Gasteiger partial charge in [-0.2, -0.15) is 4.41 Å². The average Bonchev–Trinajstić information content (AvgIpc) is 3.22. The molecule has 1 N–H and O–H groups in total. The Morgan fingerprint density at radius 3 is 3.15 bits per heavy atom. The van der Waals surface area contributed by atoms with Crippen LogP contribution < -0.4 is 4.72 Å². The lowest BCUT2D eigenvalue weighted by molar-refractivity contribution is -0.205. The maximum atomic E-state index is 5.83. The summed E-state index contributed by atoms with van der Waals surface area (Å²) in [6, 6.07) is 0. The van der Waals surface area contributed by atoms with Crippen molar-refractivity contribution in [3.05, 3.63) is 47.5 Å². The van der Waals surface area contributed by atoms with Gasteiger partial charge in [0.2, 0.25) is 5.89 Å². The first-order chi connectivity index (χ1) is 9.92. The molecule has 0 saturated carbocycles. The van der Waals surface area contributed by atoms with Gasteiger partial charge in [-0.05, 0) is 0 Å². The second-order valence-corrected chi connectivity index (χ2v) is 5.38. The minimum absolute atomic E-state index is 0.434. The van der Waals surface area contributed by atoms with Crippen molar-refractivity contribution < 1.29 is 9.25 Å². The molecule has 2 aromatic rings. The van der Waals surface area contributed by atoms with Crippen molar-refractivity contribution in [2.75, 3.05) is 0 Å². The lowest BCUT2D eigenvalue weighted by atomic mass is 10.2. The molecule has 0 amide bonds. The number of nitrogens with zero attached hydrogens (tertiary/aromatic N) is 5. The Kier molecular flexibility index (Phi) is 2.83. The maximum Gasteiger partial charge on any atom is 0.227 e. The summed E-state index contributed by atoms with van der Waals surface area (Å²) in [5.41, 5.74) is 2.33. The van der Waals surface area contributed by atoms with Gasteiger partial charge in [0.1, 0.15) is 18.0 Å². The molecule has 4 heterocycles. The molecule has 1 radical (unpaired) electrons. The smallest absolute Gasteiger partial charge is 0.227 e. The number of hydrazine groups is 1. The summed E-state index contributed by atoms with van der Waals surface area (Å²) < 4.78 is 10.1. The SMILES string of the molecule is [C]1=C(c2ncco2)C(c2nncs2)ON1N1C=CNS1. The quantitative estimate of drug-likeness (QED) is 0.849. The third-order valence-corrected chi connectivity index (χ3v) is 3.98. The minimum atomic E-state index is -0.434. The van der Waals surface area contributed by atoms with E-state index in [0.717, 1.165) is 0 Å². The molecular formula is C10H7N6O2S2. The van der Waals surface area contributed by atoms with Crippen LogP contribution in [0.5, 0.6) is 0 Å². The summed E-state index contributed by atoms with van der Waals surface area (Å²) in [6.45, 7) is 0. The van der Waals surface area contributed by atoms with Gasteiger partial charge in [-0.3, -0.25) is 0 Å². The van der Waals surface area contributed by atoms with E-state index in [1.165, 1.54) is 34.9 Å². The molecule has 1 unspecified atom stereocenters. The van der Waals surface area contributed by atoms with Crippen molar-refractivity contribution in [1.29, 1.82) is 0 Å². The molecule has 4 rings (SSSR count). The van der Waals surface area contributed by atoms with Crippen LogP contribution in [0.15, 0.2) is 34.8 Å². The van der Waals surface area contributed by atoms with Crippen molar-refractivity contribution in [3.63, 3.8) is 0 Å². The van der Waals surface area contributed by atoms with Gasteiger partial charge in [0.05, 0.1) is 30.1 Å². The van der Waals surface area contributed by atoms with E-state index >= 15 is 0 Å². The van der Waals surface area contributed by atoms with Gasteiger partial charge in [-0.25, -0.2) is 9.82 Å². The summed E-state index contributed by atoms with van der Waals surface area (Å²) in [7, 11) is 0. The van der Waals surface area contributed by atoms with E-state index in [9.17, 15) is 0 Å². The van der Waals surface area contributed by atoms with Crippen LogP contribution in [0.1, 0.15) is 17.0 Å². The number of nitrogens with one attached hydrogen (secondary N) is 1. The van der Waals surface area contributed by atoms with Crippen LogP contribution in [0.4, 0.5) is 0 Å². The molecule has 1 atom stereocenters. The standard InChI is InChI=1S/C10H7N6O2S2/c1-3-16(20-13-1)15-5-7(9-11-2-4-17-9)8(18-15)10-14-12-6-19-10/h1-4,6,8,13H. The maximum absolute atomic E-state index is 5.83. The average molecular weight is 307 g/mol. The van der Waals surface area contributed by atoms with Crippen molar-refractivity contribution in [2.45, 2.75) is 6.10 Å². The molecular weight excluding hydrogens is 300 g/mol. The van der Waals surface area contributed by atoms with Gasteiger partial charge in [-0.15, -0.1) is 26.7 Å². The van der Waals surface area contributed by atoms with E-state index < -0.39 is 6.10 Å². The Bertz CT molecular complexity index is 641. The number of aromatic nitrogens is 3. The van der Waals surface area contributed by atoms with Gasteiger partial charge in [0, 0.05) is 6.20 Å². The van der Waals surface area contributed by atoms with E-state index in [4.69, 9.17) is 9.25 Å². The Morgan fingerprint density at radius 2 is 2.45 bits per heavy atom. The monoisotopic (exact) mass is 307 g/mol. The van der Waals surface area contributed by atoms with Crippen LogP contribution in [-0.2, 0) is 4.84 Å². The molecule has 8 nitrogen and oxygen atoms in total. The highest BCUT2D eigenvalue weighted by atomic mass is 32.2. The van der Waals surface area contributed by atoms with Gasteiger partial charge in [0.25, 0.3) is 0 Å². The van der Waals surface area contributed by atoms with Gasteiger partial charge >= 0.3 is 0 Å². The van der Waals surface area contributed by atoms with Crippen LogP contribution >= 0.6 is 23.5 Å². The van der Waals surface area contributed by atoms with Crippen LogP contribution in [0.3, 0.4) is 0 Å². The van der Waals surface area contributed by atoms with Crippen LogP contribution in [0.2, 0.25) is 0 Å². The summed E-state index contributed by atoms with van der Waals surface area (Å²) >= 11 is 2.75. The van der Waals surface area contributed by atoms with Crippen molar-refractivity contribution in [3.8, 4) is 0 Å². The normalized spacial score (nSPS) is 21.4. The minimum Gasteiger partial charge on any atom is -0.445 e. The number of hydrogen-bond acceptors (Lipinski definition) is 10. The molecule has 0 bridgehead atoms. The third kappa shape index (κ3) is 1.94. The number of oxazole rings is 1. The summed E-state index contributed by atoms with van der Waals surface area (Å²) in [4.78, 5) is 9.98. The van der Waals surface area contributed by atoms with Gasteiger partial charge in [-0.1, -0.05) is 0 Å². The molecule has 20 heavy (non-hydrogen) atoms. The number of rotatable bonds is 3. The highest BCUT2D eigenvalue weighted by Crippen LogP contribution is 2.40. The molecule has 2 aromatic heterocycles. The number of hydrogen-bond donors (Lipinski definition) is 1. The molecule has 0 saturated heterocycles. The molecule has 0 aliphatic carbocycles. The topological polar surface area (TPSA) is 79.5 Å². The van der Waals surface area contributed by atoms with Gasteiger partial charge in [0.15, 0.2) is 11.1 Å². The zero-order valence-corrected chi connectivity index (χ0v) is 11.5. The molecule has 10 heteroatoms. The fourth-order valence-electron chi connectivity index (χ4n) is 1.72. The van der Waals surface area contributed by atoms with Crippen molar-refractivity contribution >= 4 is 29.0 Å². The Labute approximate surface area is 121 Å². The second kappa shape index (κ2) is 4.81. The molecule has 0 aromatic carbocycles. The first kappa shape index (κ1) is 11.8. The van der Waals surface area contributed by atoms with E-state index in [0.29, 0.717) is 16.5 Å².